The van der Waals surface area contributed by atoms with E-state index < -0.39 is 0 Å². The third kappa shape index (κ3) is 4.37. The summed E-state index contributed by atoms with van der Waals surface area (Å²) in [6.07, 6.45) is 0.649. The first kappa shape index (κ1) is 12.6. The fourth-order valence-electron chi connectivity index (χ4n) is 1.22. The van der Waals surface area contributed by atoms with E-state index in [0.717, 1.165) is 11.1 Å². The Balaban J connectivity index is 2.52. The molecule has 0 bridgehead atoms. The van der Waals surface area contributed by atoms with Crippen molar-refractivity contribution in [3.63, 3.8) is 0 Å². The van der Waals surface area contributed by atoms with Crippen LogP contribution < -0.4 is 5.32 Å². The molecule has 0 radical (unpaired) electrons. The molecule has 0 saturated carbocycles. The fourth-order valence-corrected chi connectivity index (χ4v) is 1.45. The van der Waals surface area contributed by atoms with E-state index in [1.54, 1.807) is 0 Å². The molecule has 3 heteroatoms. The first-order chi connectivity index (χ1) is 7.74. The summed E-state index contributed by atoms with van der Waals surface area (Å²) in [5.41, 5.74) is 2.00. The fraction of sp³-hybridized carbons (Fsp3) is 0.308. The Morgan fingerprint density at radius 2 is 2.19 bits per heavy atom. The second-order valence-electron chi connectivity index (χ2n) is 3.33. The van der Waals surface area contributed by atoms with Gasteiger partial charge in [0.15, 0.2) is 0 Å². The first-order valence-electron chi connectivity index (χ1n) is 5.11. The van der Waals surface area contributed by atoms with Gasteiger partial charge in [-0.15, -0.1) is 11.6 Å². The Morgan fingerprint density at radius 1 is 1.44 bits per heavy atom. The van der Waals surface area contributed by atoms with Crippen LogP contribution in [0.25, 0.3) is 0 Å². The van der Waals surface area contributed by atoms with Gasteiger partial charge >= 0.3 is 0 Å². The van der Waals surface area contributed by atoms with Crippen LogP contribution in [0.4, 0.5) is 0 Å². The predicted molar refractivity (Wildman–Crippen MR) is 66.2 cm³/mol. The van der Waals surface area contributed by atoms with E-state index in [4.69, 9.17) is 11.6 Å². The molecule has 84 valence electrons. The highest BCUT2D eigenvalue weighted by Crippen LogP contribution is 2.09. The third-order valence-corrected chi connectivity index (χ3v) is 2.30. The molecule has 0 fully saturated rings. The largest absolute Gasteiger partial charge is 0.355 e. The summed E-state index contributed by atoms with van der Waals surface area (Å²) in [5.74, 6) is 6.50. The SMILES string of the molecule is CC(=O)NCCC#Cc1ccccc1CCl. The maximum Gasteiger partial charge on any atom is 0.216 e. The van der Waals surface area contributed by atoms with Gasteiger partial charge in [0.05, 0.1) is 0 Å². The van der Waals surface area contributed by atoms with E-state index in [-0.39, 0.29) is 5.91 Å². The van der Waals surface area contributed by atoms with Gasteiger partial charge in [0.1, 0.15) is 0 Å². The van der Waals surface area contributed by atoms with Crippen molar-refractivity contribution >= 4 is 17.5 Å². The molecule has 1 aromatic carbocycles. The first-order valence-corrected chi connectivity index (χ1v) is 5.64. The number of hydrogen-bond acceptors (Lipinski definition) is 1. The molecule has 0 heterocycles. The molecular weight excluding hydrogens is 222 g/mol. The van der Waals surface area contributed by atoms with Crippen LogP contribution in [0, 0.1) is 11.8 Å². The van der Waals surface area contributed by atoms with Gasteiger partial charge in [-0.05, 0) is 11.6 Å². The van der Waals surface area contributed by atoms with Crippen LogP contribution in [0.3, 0.4) is 0 Å². The molecule has 16 heavy (non-hydrogen) atoms. The van der Waals surface area contributed by atoms with Gasteiger partial charge in [-0.1, -0.05) is 30.0 Å². The number of hydrogen-bond donors (Lipinski definition) is 1. The average Bonchev–Trinajstić information content (AvgIpc) is 2.29. The predicted octanol–water partition coefficient (Wildman–Crippen LogP) is 2.30. The van der Waals surface area contributed by atoms with Crippen LogP contribution in [-0.4, -0.2) is 12.5 Å². The zero-order chi connectivity index (χ0) is 11.8. The summed E-state index contributed by atoms with van der Waals surface area (Å²) < 4.78 is 0. The van der Waals surface area contributed by atoms with Gasteiger partial charge in [-0.2, -0.15) is 0 Å². The van der Waals surface area contributed by atoms with Crippen molar-refractivity contribution in [1.82, 2.24) is 5.32 Å². The van der Waals surface area contributed by atoms with Crippen LogP contribution in [0.5, 0.6) is 0 Å². The lowest BCUT2D eigenvalue weighted by molar-refractivity contribution is -0.118. The summed E-state index contributed by atoms with van der Waals surface area (Å²) in [6, 6.07) is 7.79. The van der Waals surface area contributed by atoms with Crippen molar-refractivity contribution in [3.05, 3.63) is 35.4 Å². The molecule has 0 saturated heterocycles. The Kier molecular flexibility index (Phi) is 5.45. The Labute approximate surface area is 101 Å². The summed E-state index contributed by atoms with van der Waals surface area (Å²) in [6.45, 7) is 2.08. The lowest BCUT2D eigenvalue weighted by Crippen LogP contribution is -2.20. The zero-order valence-electron chi connectivity index (χ0n) is 9.22. The number of amides is 1. The Bertz CT molecular complexity index is 417. The number of halogens is 1. The number of nitrogens with one attached hydrogen (secondary N) is 1. The van der Waals surface area contributed by atoms with E-state index in [2.05, 4.69) is 17.2 Å². The molecule has 0 unspecified atom stereocenters. The summed E-state index contributed by atoms with van der Waals surface area (Å²) in [7, 11) is 0. The molecule has 0 atom stereocenters. The molecule has 0 aliphatic rings. The van der Waals surface area contributed by atoms with Gasteiger partial charge in [-0.25, -0.2) is 0 Å². The monoisotopic (exact) mass is 235 g/mol. The maximum absolute atomic E-state index is 10.6. The Morgan fingerprint density at radius 3 is 2.88 bits per heavy atom. The van der Waals surface area contributed by atoms with Crippen molar-refractivity contribution in [2.24, 2.45) is 0 Å². The van der Waals surface area contributed by atoms with E-state index in [9.17, 15) is 4.79 Å². The molecular formula is C13H14ClNO. The quantitative estimate of drug-likeness (QED) is 0.486. The topological polar surface area (TPSA) is 29.1 Å². The van der Waals surface area contributed by atoms with Crippen molar-refractivity contribution in [1.29, 1.82) is 0 Å². The smallest absolute Gasteiger partial charge is 0.216 e. The second kappa shape index (κ2) is 6.92. The minimum Gasteiger partial charge on any atom is -0.355 e. The summed E-state index contributed by atoms with van der Waals surface area (Å²) in [5, 5.41) is 2.69. The third-order valence-electron chi connectivity index (χ3n) is 2.01. The lowest BCUT2D eigenvalue weighted by Gasteiger charge is -1.98. The number of rotatable bonds is 3. The average molecular weight is 236 g/mol. The van der Waals surface area contributed by atoms with Crippen molar-refractivity contribution in [2.75, 3.05) is 6.54 Å². The molecule has 1 amide bonds. The molecule has 0 aliphatic heterocycles. The minimum absolute atomic E-state index is 0.0250. The highest BCUT2D eigenvalue weighted by molar-refractivity contribution is 6.17. The minimum atomic E-state index is -0.0250. The molecule has 1 rings (SSSR count). The van der Waals surface area contributed by atoms with Gasteiger partial charge in [-0.3, -0.25) is 4.79 Å². The standard InChI is InChI=1S/C13H14ClNO/c1-11(16)15-9-5-4-7-12-6-2-3-8-13(12)10-14/h2-3,6,8H,5,9-10H2,1H3,(H,15,16). The van der Waals surface area contributed by atoms with E-state index in [1.165, 1.54) is 6.92 Å². The van der Waals surface area contributed by atoms with Gasteiger partial charge in [0, 0.05) is 31.3 Å². The highest BCUT2D eigenvalue weighted by atomic mass is 35.5. The Hall–Kier alpha value is -1.46. The van der Waals surface area contributed by atoms with E-state index in [1.807, 2.05) is 24.3 Å². The van der Waals surface area contributed by atoms with Gasteiger partial charge in [0.2, 0.25) is 5.91 Å². The van der Waals surface area contributed by atoms with Crippen LogP contribution in [-0.2, 0) is 10.7 Å². The van der Waals surface area contributed by atoms with Crippen LogP contribution in [0.2, 0.25) is 0 Å². The number of carbonyl (C=O) groups is 1. The number of carbonyl (C=O) groups excluding carboxylic acids is 1. The van der Waals surface area contributed by atoms with Crippen molar-refractivity contribution in [3.8, 4) is 11.8 Å². The summed E-state index contributed by atoms with van der Waals surface area (Å²) in [4.78, 5) is 10.6. The van der Waals surface area contributed by atoms with Gasteiger partial charge in [0.25, 0.3) is 0 Å². The van der Waals surface area contributed by atoms with Crippen LogP contribution in [0.1, 0.15) is 24.5 Å². The molecule has 0 aliphatic carbocycles. The van der Waals surface area contributed by atoms with Crippen molar-refractivity contribution < 1.29 is 4.79 Å². The molecule has 0 spiro atoms. The zero-order valence-corrected chi connectivity index (χ0v) is 9.97. The van der Waals surface area contributed by atoms with Crippen LogP contribution >= 0.6 is 11.6 Å². The number of benzene rings is 1. The molecule has 0 aromatic heterocycles. The van der Waals surface area contributed by atoms with Crippen molar-refractivity contribution in [2.45, 2.75) is 19.2 Å². The summed E-state index contributed by atoms with van der Waals surface area (Å²) >= 11 is 5.79. The highest BCUT2D eigenvalue weighted by Gasteiger charge is 1.95. The molecule has 2 nitrogen and oxygen atoms in total. The normalized spacial score (nSPS) is 9.12. The van der Waals surface area contributed by atoms with E-state index >= 15 is 0 Å². The lowest BCUT2D eigenvalue weighted by atomic mass is 10.1. The van der Waals surface area contributed by atoms with E-state index in [0.29, 0.717) is 18.8 Å². The maximum atomic E-state index is 10.6. The number of alkyl halides is 1. The molecule has 1 aromatic rings. The molecule has 1 N–H and O–H groups in total. The second-order valence-corrected chi connectivity index (χ2v) is 3.59. The van der Waals surface area contributed by atoms with Gasteiger partial charge < -0.3 is 5.32 Å². The van der Waals surface area contributed by atoms with Crippen LogP contribution in [0.15, 0.2) is 24.3 Å².